The number of ether oxygens (including phenoxy) is 1. The van der Waals surface area contributed by atoms with Gasteiger partial charge in [-0.3, -0.25) is 4.79 Å². The van der Waals surface area contributed by atoms with Gasteiger partial charge in [0, 0.05) is 32.8 Å². The molecule has 2 rings (SSSR count). The molecule has 0 aromatic carbocycles. The fourth-order valence-electron chi connectivity index (χ4n) is 3.06. The third kappa shape index (κ3) is 4.74. The zero-order valence-corrected chi connectivity index (χ0v) is 13.8. The summed E-state index contributed by atoms with van der Waals surface area (Å²) in [6.45, 7) is 4.44. The van der Waals surface area contributed by atoms with E-state index in [2.05, 4.69) is 4.90 Å². The summed E-state index contributed by atoms with van der Waals surface area (Å²) in [6.07, 6.45) is 4.38. The summed E-state index contributed by atoms with van der Waals surface area (Å²) in [4.78, 5) is 16.6. The van der Waals surface area contributed by atoms with Gasteiger partial charge in [0.2, 0.25) is 0 Å². The van der Waals surface area contributed by atoms with Crippen LogP contribution in [0.2, 0.25) is 0 Å². The standard InChI is InChI=1S/C13H25N3O2.2ClH/c1-18-12(10-14)13(17)16-8-4-11(5-9-16)15-6-2-3-7-15;;/h11-12H,2-10,14H2,1H3;2*1H. The van der Waals surface area contributed by atoms with E-state index in [0.717, 1.165) is 25.9 Å². The average molecular weight is 328 g/mol. The highest BCUT2D eigenvalue weighted by atomic mass is 35.5. The van der Waals surface area contributed by atoms with Crippen LogP contribution in [0, 0.1) is 0 Å². The molecule has 1 amide bonds. The lowest BCUT2D eigenvalue weighted by Crippen LogP contribution is -2.50. The molecular formula is C13H27Cl2N3O2. The summed E-state index contributed by atoms with van der Waals surface area (Å²) >= 11 is 0. The minimum atomic E-state index is -0.465. The largest absolute Gasteiger partial charge is 0.370 e. The summed E-state index contributed by atoms with van der Waals surface area (Å²) in [5.41, 5.74) is 5.54. The van der Waals surface area contributed by atoms with Crippen molar-refractivity contribution in [3.63, 3.8) is 0 Å². The molecule has 2 N–H and O–H groups in total. The molecule has 7 heteroatoms. The molecule has 1 unspecified atom stereocenters. The first kappa shape index (κ1) is 19.9. The molecule has 120 valence electrons. The number of piperidine rings is 1. The predicted molar refractivity (Wildman–Crippen MR) is 84.8 cm³/mol. The van der Waals surface area contributed by atoms with Crippen molar-refractivity contribution in [3.8, 4) is 0 Å². The Labute approximate surface area is 134 Å². The molecule has 0 bridgehead atoms. The van der Waals surface area contributed by atoms with Crippen LogP contribution in [-0.2, 0) is 9.53 Å². The Morgan fingerprint density at radius 2 is 1.75 bits per heavy atom. The van der Waals surface area contributed by atoms with Crippen LogP contribution in [0.15, 0.2) is 0 Å². The smallest absolute Gasteiger partial charge is 0.253 e. The SMILES string of the molecule is COC(CN)C(=O)N1CCC(N2CCCC2)CC1.Cl.Cl. The maximum Gasteiger partial charge on any atom is 0.253 e. The maximum atomic E-state index is 12.1. The number of hydrogen-bond acceptors (Lipinski definition) is 4. The molecular weight excluding hydrogens is 301 g/mol. The van der Waals surface area contributed by atoms with Gasteiger partial charge in [-0.2, -0.15) is 0 Å². The van der Waals surface area contributed by atoms with Crippen molar-refractivity contribution in [2.45, 2.75) is 37.8 Å². The molecule has 20 heavy (non-hydrogen) atoms. The first-order valence-corrected chi connectivity index (χ1v) is 7.02. The number of carbonyl (C=O) groups is 1. The number of nitrogens with zero attached hydrogens (tertiary/aromatic N) is 2. The van der Waals surface area contributed by atoms with Crippen molar-refractivity contribution in [2.75, 3.05) is 39.8 Å². The van der Waals surface area contributed by atoms with Crippen LogP contribution in [0.3, 0.4) is 0 Å². The van der Waals surface area contributed by atoms with Crippen LogP contribution < -0.4 is 5.73 Å². The Kier molecular flexibility index (Phi) is 9.76. The highest BCUT2D eigenvalue weighted by Crippen LogP contribution is 2.21. The molecule has 0 aromatic heterocycles. The van der Waals surface area contributed by atoms with E-state index in [1.807, 2.05) is 4.90 Å². The van der Waals surface area contributed by atoms with Crippen LogP contribution in [-0.4, -0.2) is 67.7 Å². The zero-order valence-electron chi connectivity index (χ0n) is 12.1. The highest BCUT2D eigenvalue weighted by molar-refractivity contribution is 5.85. The van der Waals surface area contributed by atoms with Gasteiger partial charge in [-0.1, -0.05) is 0 Å². The van der Waals surface area contributed by atoms with Crippen LogP contribution >= 0.6 is 24.8 Å². The van der Waals surface area contributed by atoms with Crippen LogP contribution in [0.25, 0.3) is 0 Å². The normalized spacial score (nSPS) is 22.0. The minimum Gasteiger partial charge on any atom is -0.370 e. The van der Waals surface area contributed by atoms with E-state index in [0.29, 0.717) is 6.04 Å². The highest BCUT2D eigenvalue weighted by Gasteiger charge is 2.30. The fraction of sp³-hybridized carbons (Fsp3) is 0.923. The Balaban J connectivity index is 0.00000180. The van der Waals surface area contributed by atoms with Crippen LogP contribution in [0.5, 0.6) is 0 Å². The summed E-state index contributed by atoms with van der Waals surface area (Å²) < 4.78 is 5.11. The second-order valence-corrected chi connectivity index (χ2v) is 5.26. The number of hydrogen-bond donors (Lipinski definition) is 1. The summed E-state index contributed by atoms with van der Waals surface area (Å²) in [5, 5.41) is 0. The molecule has 0 saturated carbocycles. The van der Waals surface area contributed by atoms with Crippen LogP contribution in [0.1, 0.15) is 25.7 Å². The lowest BCUT2D eigenvalue weighted by Gasteiger charge is -2.37. The van der Waals surface area contributed by atoms with E-state index >= 15 is 0 Å². The van der Waals surface area contributed by atoms with Gasteiger partial charge < -0.3 is 20.3 Å². The third-order valence-corrected chi connectivity index (χ3v) is 4.21. The van der Waals surface area contributed by atoms with E-state index in [1.165, 1.54) is 25.9 Å². The van der Waals surface area contributed by atoms with E-state index in [9.17, 15) is 4.79 Å². The quantitative estimate of drug-likeness (QED) is 0.833. The number of rotatable bonds is 4. The molecule has 0 radical (unpaired) electrons. The molecule has 2 aliphatic heterocycles. The third-order valence-electron chi connectivity index (χ3n) is 4.21. The molecule has 0 aliphatic carbocycles. The summed E-state index contributed by atoms with van der Waals surface area (Å²) in [5.74, 6) is 0.0554. The second kappa shape index (κ2) is 9.79. The summed E-state index contributed by atoms with van der Waals surface area (Å²) in [6, 6.07) is 0.676. The van der Waals surface area contributed by atoms with Gasteiger partial charge in [-0.25, -0.2) is 0 Å². The molecule has 1 atom stereocenters. The van der Waals surface area contributed by atoms with E-state index < -0.39 is 6.10 Å². The van der Waals surface area contributed by atoms with Crippen molar-refractivity contribution < 1.29 is 9.53 Å². The second-order valence-electron chi connectivity index (χ2n) is 5.26. The monoisotopic (exact) mass is 327 g/mol. The lowest BCUT2D eigenvalue weighted by molar-refractivity contribution is -0.142. The Hall–Kier alpha value is -0.0700. The first-order valence-electron chi connectivity index (χ1n) is 7.02. The van der Waals surface area contributed by atoms with Gasteiger partial charge in [-0.15, -0.1) is 24.8 Å². The Bertz CT molecular complexity index is 277. The molecule has 2 saturated heterocycles. The number of carbonyl (C=O) groups excluding carboxylic acids is 1. The summed E-state index contributed by atoms with van der Waals surface area (Å²) in [7, 11) is 1.55. The average Bonchev–Trinajstić information content (AvgIpc) is 2.94. The van der Waals surface area contributed by atoms with Gasteiger partial charge >= 0.3 is 0 Å². The number of likely N-dealkylation sites (tertiary alicyclic amines) is 2. The van der Waals surface area contributed by atoms with Crippen molar-refractivity contribution in [1.29, 1.82) is 0 Å². The topological polar surface area (TPSA) is 58.8 Å². The molecule has 0 spiro atoms. The van der Waals surface area contributed by atoms with Gasteiger partial charge in [0.25, 0.3) is 5.91 Å². The molecule has 0 aromatic rings. The molecule has 2 heterocycles. The van der Waals surface area contributed by atoms with Crippen molar-refractivity contribution >= 4 is 30.7 Å². The van der Waals surface area contributed by atoms with Crippen molar-refractivity contribution in [1.82, 2.24) is 9.80 Å². The molecule has 5 nitrogen and oxygen atoms in total. The predicted octanol–water partition coefficient (Wildman–Crippen LogP) is 0.890. The van der Waals surface area contributed by atoms with E-state index in [-0.39, 0.29) is 37.3 Å². The van der Waals surface area contributed by atoms with Crippen LogP contribution in [0.4, 0.5) is 0 Å². The minimum absolute atomic E-state index is 0. The first-order chi connectivity index (χ1) is 8.76. The van der Waals surface area contributed by atoms with E-state index in [1.54, 1.807) is 7.11 Å². The van der Waals surface area contributed by atoms with Gasteiger partial charge in [0.05, 0.1) is 0 Å². The lowest BCUT2D eigenvalue weighted by atomic mass is 10.0. The van der Waals surface area contributed by atoms with Gasteiger partial charge in [0.15, 0.2) is 0 Å². The molecule has 2 aliphatic rings. The van der Waals surface area contributed by atoms with Gasteiger partial charge in [0.1, 0.15) is 6.10 Å². The number of nitrogens with two attached hydrogens (primary N) is 1. The van der Waals surface area contributed by atoms with E-state index in [4.69, 9.17) is 10.5 Å². The van der Waals surface area contributed by atoms with Crippen molar-refractivity contribution in [2.24, 2.45) is 5.73 Å². The maximum absolute atomic E-state index is 12.1. The Morgan fingerprint density at radius 3 is 2.20 bits per heavy atom. The van der Waals surface area contributed by atoms with Crippen molar-refractivity contribution in [3.05, 3.63) is 0 Å². The van der Waals surface area contributed by atoms with Gasteiger partial charge in [-0.05, 0) is 38.8 Å². The number of halogens is 2. The molecule has 2 fully saturated rings. The fourth-order valence-corrected chi connectivity index (χ4v) is 3.06. The number of amides is 1. The Morgan fingerprint density at radius 1 is 1.20 bits per heavy atom. The zero-order chi connectivity index (χ0) is 13.0. The number of methoxy groups -OCH3 is 1.